The Labute approximate surface area is 192 Å². The minimum Gasteiger partial charge on any atom is -0.378 e. The zero-order chi connectivity index (χ0) is 23.3. The molecule has 10 heteroatoms. The van der Waals surface area contributed by atoms with Gasteiger partial charge in [-0.05, 0) is 59.9 Å². The van der Waals surface area contributed by atoms with Crippen LogP contribution in [0.2, 0.25) is 0 Å². The predicted octanol–water partition coefficient (Wildman–Crippen LogP) is 3.32. The average molecular weight is 469 g/mol. The molecule has 1 saturated heterocycles. The number of morpholine rings is 1. The van der Waals surface area contributed by atoms with Gasteiger partial charge in [-0.15, -0.1) is 0 Å². The van der Waals surface area contributed by atoms with Crippen molar-refractivity contribution < 1.29 is 18.1 Å². The Hall–Kier alpha value is -3.50. The molecule has 1 aliphatic carbocycles. The van der Waals surface area contributed by atoms with Gasteiger partial charge in [-0.3, -0.25) is 10.1 Å². The Kier molecular flexibility index (Phi) is 6.85. The highest BCUT2D eigenvalue weighted by molar-refractivity contribution is 7.89. The minimum absolute atomic E-state index is 0.0473. The van der Waals surface area contributed by atoms with Crippen LogP contribution >= 0.6 is 0 Å². The molecule has 1 aliphatic heterocycles. The molecule has 1 N–H and O–H groups in total. The summed E-state index contributed by atoms with van der Waals surface area (Å²) >= 11 is 0. The van der Waals surface area contributed by atoms with Gasteiger partial charge in [0.1, 0.15) is 0 Å². The normalized spacial score (nSPS) is 18.3. The van der Waals surface area contributed by atoms with E-state index in [2.05, 4.69) is 14.8 Å². The van der Waals surface area contributed by atoms with E-state index in [0.29, 0.717) is 19.6 Å². The summed E-state index contributed by atoms with van der Waals surface area (Å²) in [5.74, 6) is 0. The second-order valence-corrected chi connectivity index (χ2v) is 9.32. The van der Waals surface area contributed by atoms with E-state index < -0.39 is 14.9 Å². The molecule has 0 amide bonds. The fourth-order valence-corrected chi connectivity index (χ4v) is 4.70. The van der Waals surface area contributed by atoms with Gasteiger partial charge in [0.05, 0.1) is 29.2 Å². The van der Waals surface area contributed by atoms with Crippen molar-refractivity contribution in [3.05, 3.63) is 87.1 Å². The summed E-state index contributed by atoms with van der Waals surface area (Å²) in [6.07, 6.45) is 5.06. The summed E-state index contributed by atoms with van der Waals surface area (Å²) in [7, 11) is -3.74. The number of benzene rings is 2. The van der Waals surface area contributed by atoms with Gasteiger partial charge >= 0.3 is 0 Å². The van der Waals surface area contributed by atoms with Crippen molar-refractivity contribution >= 4 is 28.0 Å². The summed E-state index contributed by atoms with van der Waals surface area (Å²) in [5.41, 5.74) is 3.94. The molecule has 4 rings (SSSR count). The maximum absolute atomic E-state index is 12.4. The molecule has 0 spiro atoms. The van der Waals surface area contributed by atoms with Crippen molar-refractivity contribution in [3.63, 3.8) is 0 Å². The molecule has 33 heavy (non-hydrogen) atoms. The summed E-state index contributed by atoms with van der Waals surface area (Å²) in [6.45, 7) is 2.67. The first-order valence-electron chi connectivity index (χ1n) is 10.6. The number of non-ortho nitro benzene ring substituents is 1. The van der Waals surface area contributed by atoms with Crippen LogP contribution < -0.4 is 4.83 Å². The van der Waals surface area contributed by atoms with Crippen molar-refractivity contribution in [1.29, 1.82) is 0 Å². The van der Waals surface area contributed by atoms with Crippen molar-refractivity contribution in [2.75, 3.05) is 26.3 Å². The fourth-order valence-electron chi connectivity index (χ4n) is 3.89. The van der Waals surface area contributed by atoms with Crippen molar-refractivity contribution in [2.45, 2.75) is 17.7 Å². The van der Waals surface area contributed by atoms with Gasteiger partial charge in [0, 0.05) is 30.9 Å². The van der Waals surface area contributed by atoms with Gasteiger partial charge in [0.15, 0.2) is 0 Å². The third kappa shape index (κ3) is 5.47. The molecule has 0 bridgehead atoms. The lowest BCUT2D eigenvalue weighted by atomic mass is 10.1. The summed E-state index contributed by atoms with van der Waals surface area (Å²) in [5, 5.41) is 15.0. The van der Waals surface area contributed by atoms with E-state index in [4.69, 9.17) is 4.74 Å². The summed E-state index contributed by atoms with van der Waals surface area (Å²) in [6, 6.07) is 14.5. The lowest BCUT2D eigenvalue weighted by Crippen LogP contribution is -2.36. The van der Waals surface area contributed by atoms with Gasteiger partial charge in [0.2, 0.25) is 0 Å². The van der Waals surface area contributed by atoms with Gasteiger partial charge in [-0.25, -0.2) is 4.83 Å². The third-order valence-corrected chi connectivity index (χ3v) is 6.73. The molecule has 0 radical (unpaired) electrons. The smallest absolute Gasteiger partial charge is 0.276 e. The van der Waals surface area contributed by atoms with Crippen LogP contribution in [0, 0.1) is 10.1 Å². The molecule has 9 nitrogen and oxygen atoms in total. The monoisotopic (exact) mass is 468 g/mol. The van der Waals surface area contributed by atoms with Crippen LogP contribution in [0.3, 0.4) is 0 Å². The van der Waals surface area contributed by atoms with Gasteiger partial charge in [0.25, 0.3) is 15.7 Å². The largest absolute Gasteiger partial charge is 0.378 e. The van der Waals surface area contributed by atoms with Gasteiger partial charge < -0.3 is 9.64 Å². The number of hydrogen-bond acceptors (Lipinski definition) is 7. The number of nitrogens with one attached hydrogen (secondary N) is 1. The number of nitro groups is 1. The van der Waals surface area contributed by atoms with E-state index in [1.54, 1.807) is 36.5 Å². The van der Waals surface area contributed by atoms with Gasteiger partial charge in [-0.1, -0.05) is 18.2 Å². The van der Waals surface area contributed by atoms with E-state index in [1.807, 2.05) is 6.08 Å². The highest BCUT2D eigenvalue weighted by Crippen LogP contribution is 2.35. The molecule has 1 heterocycles. The van der Waals surface area contributed by atoms with Crippen molar-refractivity contribution in [2.24, 2.45) is 5.10 Å². The third-order valence-electron chi connectivity index (χ3n) is 5.49. The molecule has 1 fully saturated rings. The lowest BCUT2D eigenvalue weighted by Gasteiger charge is -2.31. The maximum atomic E-state index is 12.4. The van der Waals surface area contributed by atoms with E-state index in [-0.39, 0.29) is 10.6 Å². The van der Waals surface area contributed by atoms with E-state index in [1.165, 1.54) is 24.3 Å². The Morgan fingerprint density at radius 1 is 1.03 bits per heavy atom. The number of nitro benzene ring substituents is 1. The number of hydrogen-bond donors (Lipinski definition) is 1. The Balaban J connectivity index is 1.60. The van der Waals surface area contributed by atoms with E-state index in [9.17, 15) is 18.5 Å². The first-order chi connectivity index (χ1) is 15.9. The number of sulfonamides is 1. The molecular formula is C23H24N4O5S. The molecule has 0 saturated carbocycles. The van der Waals surface area contributed by atoms with E-state index >= 15 is 0 Å². The second kappa shape index (κ2) is 9.97. The number of rotatable bonds is 7. The predicted molar refractivity (Wildman–Crippen MR) is 125 cm³/mol. The summed E-state index contributed by atoms with van der Waals surface area (Å²) in [4.78, 5) is 15.2. The second-order valence-electron chi connectivity index (χ2n) is 7.66. The SMILES string of the molecule is O=[N+]([O-])c1ccc(C=C2CCC(C=NNS(=O)(=O)c3ccccc3)=C2N2CCOCC2)cc1. The van der Waals surface area contributed by atoms with Crippen LogP contribution in [0.4, 0.5) is 5.69 Å². The molecule has 2 aromatic rings. The fraction of sp³-hybridized carbons (Fsp3) is 0.261. The molecule has 2 aromatic carbocycles. The minimum atomic E-state index is -3.74. The molecule has 0 aromatic heterocycles. The van der Waals surface area contributed by atoms with Crippen LogP contribution in [-0.2, 0) is 14.8 Å². The number of allylic oxidation sites excluding steroid dienone is 2. The quantitative estimate of drug-likeness (QED) is 0.379. The summed E-state index contributed by atoms with van der Waals surface area (Å²) < 4.78 is 30.4. The zero-order valence-electron chi connectivity index (χ0n) is 17.9. The number of ether oxygens (including phenoxy) is 1. The Morgan fingerprint density at radius 2 is 1.73 bits per heavy atom. The van der Waals surface area contributed by atoms with Crippen LogP contribution in [0.5, 0.6) is 0 Å². The zero-order valence-corrected chi connectivity index (χ0v) is 18.7. The maximum Gasteiger partial charge on any atom is 0.276 e. The number of hydrazone groups is 1. The van der Waals surface area contributed by atoms with Gasteiger partial charge in [-0.2, -0.15) is 13.5 Å². The van der Waals surface area contributed by atoms with Crippen molar-refractivity contribution in [3.8, 4) is 0 Å². The molecular weight excluding hydrogens is 444 g/mol. The molecule has 0 unspecified atom stereocenters. The number of nitrogens with zero attached hydrogens (tertiary/aromatic N) is 3. The molecule has 2 aliphatic rings. The van der Waals surface area contributed by atoms with Crippen LogP contribution in [-0.4, -0.2) is 50.8 Å². The topological polar surface area (TPSA) is 114 Å². The lowest BCUT2D eigenvalue weighted by molar-refractivity contribution is -0.384. The standard InChI is InChI=1S/C23H24N4O5S/c28-27(29)21-10-6-18(7-11-21)16-19-8-9-20(23(19)26-12-14-32-15-13-26)17-24-25-33(30,31)22-4-2-1-3-5-22/h1-7,10-11,16-17,25H,8-9,12-15H2. The highest BCUT2D eigenvalue weighted by Gasteiger charge is 2.25. The van der Waals surface area contributed by atoms with Crippen LogP contribution in [0.15, 0.2) is 81.4 Å². The first kappa shape index (κ1) is 22.7. The van der Waals surface area contributed by atoms with E-state index in [0.717, 1.165) is 41.9 Å². The van der Waals surface area contributed by atoms with Crippen molar-refractivity contribution in [1.82, 2.24) is 9.73 Å². The highest BCUT2D eigenvalue weighted by atomic mass is 32.2. The first-order valence-corrected chi connectivity index (χ1v) is 12.0. The Bertz CT molecular complexity index is 1200. The Morgan fingerprint density at radius 3 is 2.39 bits per heavy atom. The molecule has 172 valence electrons. The van der Waals surface area contributed by atoms with Crippen LogP contribution in [0.1, 0.15) is 18.4 Å². The average Bonchev–Trinajstić information content (AvgIpc) is 3.22. The molecule has 0 atom stereocenters. The van der Waals surface area contributed by atoms with Crippen LogP contribution in [0.25, 0.3) is 6.08 Å².